The topological polar surface area (TPSA) is 34.9 Å². The maximum atomic E-state index is 12.7. The standard InChI is InChI=1S/C19H21IN2O/c20-18-9-5-4-8-17(18)16(13-22-11-10-21-14-22)12-19(23)15-6-2-1-3-7-15/h4-5,8-12,14-15H,1-3,6-7,13H2/b16-12-. The van der Waals surface area contributed by atoms with Crippen molar-refractivity contribution in [1.82, 2.24) is 9.55 Å². The molecule has 0 atom stereocenters. The molecule has 0 N–H and O–H groups in total. The van der Waals surface area contributed by atoms with Gasteiger partial charge in [0, 0.05) is 28.4 Å². The average Bonchev–Trinajstić information content (AvgIpc) is 3.08. The average molecular weight is 420 g/mol. The summed E-state index contributed by atoms with van der Waals surface area (Å²) in [6, 6.07) is 8.24. The highest BCUT2D eigenvalue weighted by Gasteiger charge is 2.20. The number of benzene rings is 1. The molecule has 4 heteroatoms. The van der Waals surface area contributed by atoms with E-state index in [-0.39, 0.29) is 5.92 Å². The Labute approximate surface area is 151 Å². The van der Waals surface area contributed by atoms with Crippen LogP contribution in [0.1, 0.15) is 37.7 Å². The highest BCUT2D eigenvalue weighted by atomic mass is 127. The summed E-state index contributed by atoms with van der Waals surface area (Å²) in [4.78, 5) is 16.8. The molecule has 3 rings (SSSR count). The fourth-order valence-corrected chi connectivity index (χ4v) is 3.92. The molecule has 0 unspecified atom stereocenters. The zero-order valence-electron chi connectivity index (χ0n) is 13.1. The van der Waals surface area contributed by atoms with Crippen LogP contribution in [-0.4, -0.2) is 15.3 Å². The predicted molar refractivity (Wildman–Crippen MR) is 101 cm³/mol. The smallest absolute Gasteiger partial charge is 0.159 e. The van der Waals surface area contributed by atoms with Crippen molar-refractivity contribution in [3.05, 3.63) is 58.2 Å². The Bertz CT molecular complexity index is 685. The van der Waals surface area contributed by atoms with E-state index in [4.69, 9.17) is 0 Å². The van der Waals surface area contributed by atoms with Crippen molar-refractivity contribution in [1.29, 1.82) is 0 Å². The number of halogens is 1. The molecule has 1 saturated carbocycles. The van der Waals surface area contributed by atoms with E-state index in [0.29, 0.717) is 12.3 Å². The minimum absolute atomic E-state index is 0.211. The van der Waals surface area contributed by atoms with Gasteiger partial charge in [0.15, 0.2) is 5.78 Å². The van der Waals surface area contributed by atoms with E-state index >= 15 is 0 Å². The molecule has 0 amide bonds. The van der Waals surface area contributed by atoms with Gasteiger partial charge in [0.25, 0.3) is 0 Å². The van der Waals surface area contributed by atoms with Crippen molar-refractivity contribution in [2.75, 3.05) is 0 Å². The van der Waals surface area contributed by atoms with Crippen LogP contribution in [0.15, 0.2) is 49.1 Å². The van der Waals surface area contributed by atoms with Crippen LogP contribution in [0.25, 0.3) is 5.57 Å². The molecule has 0 aliphatic heterocycles. The zero-order chi connectivity index (χ0) is 16.1. The van der Waals surface area contributed by atoms with Crippen molar-refractivity contribution in [2.24, 2.45) is 5.92 Å². The maximum absolute atomic E-state index is 12.7. The largest absolute Gasteiger partial charge is 0.333 e. The number of ketones is 1. The van der Waals surface area contributed by atoms with Gasteiger partial charge in [-0.25, -0.2) is 4.98 Å². The third-order valence-corrected chi connectivity index (χ3v) is 5.40. The van der Waals surface area contributed by atoms with Crippen molar-refractivity contribution in [2.45, 2.75) is 38.6 Å². The minimum Gasteiger partial charge on any atom is -0.333 e. The Kier molecular flexibility index (Phi) is 5.65. The summed E-state index contributed by atoms with van der Waals surface area (Å²) in [6.07, 6.45) is 13.1. The molecule has 1 heterocycles. The minimum atomic E-state index is 0.211. The molecule has 1 aliphatic carbocycles. The second kappa shape index (κ2) is 7.90. The molecule has 0 bridgehead atoms. The second-order valence-corrected chi connectivity index (χ2v) is 7.28. The third-order valence-electron chi connectivity index (χ3n) is 4.46. The lowest BCUT2D eigenvalue weighted by Gasteiger charge is -2.19. The van der Waals surface area contributed by atoms with E-state index in [1.54, 1.807) is 12.5 Å². The van der Waals surface area contributed by atoms with Gasteiger partial charge in [-0.2, -0.15) is 0 Å². The van der Waals surface area contributed by atoms with Crippen LogP contribution in [0.4, 0.5) is 0 Å². The van der Waals surface area contributed by atoms with E-state index in [9.17, 15) is 4.79 Å². The van der Waals surface area contributed by atoms with Gasteiger partial charge < -0.3 is 4.57 Å². The molecular weight excluding hydrogens is 399 g/mol. The van der Waals surface area contributed by atoms with Crippen LogP contribution >= 0.6 is 22.6 Å². The summed E-state index contributed by atoms with van der Waals surface area (Å²) in [5.41, 5.74) is 2.22. The Morgan fingerprint density at radius 1 is 1.26 bits per heavy atom. The summed E-state index contributed by atoms with van der Waals surface area (Å²) >= 11 is 2.34. The van der Waals surface area contributed by atoms with E-state index in [0.717, 1.165) is 24.0 Å². The van der Waals surface area contributed by atoms with Gasteiger partial charge in [-0.15, -0.1) is 0 Å². The van der Waals surface area contributed by atoms with Crippen LogP contribution < -0.4 is 0 Å². The molecule has 23 heavy (non-hydrogen) atoms. The molecular formula is C19H21IN2O. The molecule has 1 aromatic heterocycles. The second-order valence-electron chi connectivity index (χ2n) is 6.12. The lowest BCUT2D eigenvalue weighted by molar-refractivity contribution is -0.119. The van der Waals surface area contributed by atoms with Crippen LogP contribution in [0.5, 0.6) is 0 Å². The first-order valence-corrected chi connectivity index (χ1v) is 9.27. The normalized spacial score (nSPS) is 16.5. The number of allylic oxidation sites excluding steroid dienone is 2. The molecule has 0 saturated heterocycles. The summed E-state index contributed by atoms with van der Waals surface area (Å²) < 4.78 is 3.19. The number of aromatic nitrogens is 2. The maximum Gasteiger partial charge on any atom is 0.159 e. The third kappa shape index (κ3) is 4.31. The summed E-state index contributed by atoms with van der Waals surface area (Å²) in [6.45, 7) is 0.679. The predicted octanol–water partition coefficient (Wildman–Crippen LogP) is 4.72. The first kappa shape index (κ1) is 16.4. The molecule has 120 valence electrons. The van der Waals surface area contributed by atoms with Crippen LogP contribution in [0, 0.1) is 9.49 Å². The molecule has 1 fully saturated rings. The van der Waals surface area contributed by atoms with Gasteiger partial charge in [-0.05, 0) is 58.7 Å². The highest BCUT2D eigenvalue weighted by Crippen LogP contribution is 2.28. The van der Waals surface area contributed by atoms with Crippen LogP contribution in [0.2, 0.25) is 0 Å². The quantitative estimate of drug-likeness (QED) is 0.518. The zero-order valence-corrected chi connectivity index (χ0v) is 15.3. The van der Waals surface area contributed by atoms with Gasteiger partial charge in [0.05, 0.1) is 6.33 Å². The molecule has 3 nitrogen and oxygen atoms in total. The summed E-state index contributed by atoms with van der Waals surface area (Å²) in [5, 5.41) is 0. The van der Waals surface area contributed by atoms with Crippen LogP contribution in [-0.2, 0) is 11.3 Å². The molecule has 1 aromatic carbocycles. The van der Waals surface area contributed by atoms with Gasteiger partial charge in [0.1, 0.15) is 0 Å². The number of nitrogens with zero attached hydrogens (tertiary/aromatic N) is 2. The molecule has 1 aliphatic rings. The van der Waals surface area contributed by atoms with Crippen molar-refractivity contribution >= 4 is 33.9 Å². The number of carbonyl (C=O) groups excluding carboxylic acids is 1. The molecule has 0 radical (unpaired) electrons. The van der Waals surface area contributed by atoms with E-state index < -0.39 is 0 Å². The van der Waals surface area contributed by atoms with E-state index in [1.807, 2.05) is 29.0 Å². The fourth-order valence-electron chi connectivity index (χ4n) is 3.18. The Morgan fingerprint density at radius 3 is 2.74 bits per heavy atom. The van der Waals surface area contributed by atoms with E-state index in [1.165, 1.54) is 22.8 Å². The lowest BCUT2D eigenvalue weighted by atomic mass is 9.85. The SMILES string of the molecule is O=C(/C=C(/Cn1ccnc1)c1ccccc1I)C1CCCCC1. The number of hydrogen-bond donors (Lipinski definition) is 0. The van der Waals surface area contributed by atoms with Crippen molar-refractivity contribution < 1.29 is 4.79 Å². The van der Waals surface area contributed by atoms with E-state index in [2.05, 4.69) is 39.7 Å². The monoisotopic (exact) mass is 420 g/mol. The van der Waals surface area contributed by atoms with Gasteiger partial charge in [-0.1, -0.05) is 37.5 Å². The number of hydrogen-bond acceptors (Lipinski definition) is 2. The number of rotatable bonds is 5. The molecule has 0 spiro atoms. The Hall–Kier alpha value is -1.43. The molecule has 2 aromatic rings. The van der Waals surface area contributed by atoms with Crippen molar-refractivity contribution in [3.8, 4) is 0 Å². The number of imidazole rings is 1. The lowest BCUT2D eigenvalue weighted by Crippen LogP contribution is -2.16. The van der Waals surface area contributed by atoms with Gasteiger partial charge >= 0.3 is 0 Å². The summed E-state index contributed by atoms with van der Waals surface area (Å²) in [5.74, 6) is 0.502. The van der Waals surface area contributed by atoms with Crippen LogP contribution in [0.3, 0.4) is 0 Å². The summed E-state index contributed by atoms with van der Waals surface area (Å²) in [7, 11) is 0. The van der Waals surface area contributed by atoms with Gasteiger partial charge in [0.2, 0.25) is 0 Å². The first-order chi connectivity index (χ1) is 11.2. The Morgan fingerprint density at radius 2 is 2.04 bits per heavy atom. The Balaban J connectivity index is 1.89. The highest BCUT2D eigenvalue weighted by molar-refractivity contribution is 14.1. The van der Waals surface area contributed by atoms with Crippen molar-refractivity contribution in [3.63, 3.8) is 0 Å². The first-order valence-electron chi connectivity index (χ1n) is 8.19. The fraction of sp³-hybridized carbons (Fsp3) is 0.368. The number of carbonyl (C=O) groups is 1. The van der Waals surface area contributed by atoms with Gasteiger partial charge in [-0.3, -0.25) is 4.79 Å².